The number of carbonyl (C=O) groups excluding carboxylic acids is 3. The molecule has 3 aromatic rings. The Morgan fingerprint density at radius 2 is 1.38 bits per heavy atom. The molecule has 0 unspecified atom stereocenters. The van der Waals surface area contributed by atoms with Crippen molar-refractivity contribution in [2.75, 3.05) is 10.0 Å². The van der Waals surface area contributed by atoms with Crippen LogP contribution >= 0.6 is 0 Å². The molecule has 0 aliphatic carbocycles. The summed E-state index contributed by atoms with van der Waals surface area (Å²) in [5.41, 5.74) is 0.489. The van der Waals surface area contributed by atoms with Crippen LogP contribution in [0.2, 0.25) is 0 Å². The Morgan fingerprint density at radius 3 is 2.00 bits per heavy atom. The second-order valence-corrected chi connectivity index (χ2v) is 8.42. The van der Waals surface area contributed by atoms with Crippen LogP contribution in [-0.4, -0.2) is 26.3 Å². The Morgan fingerprint density at radius 1 is 0.750 bits per heavy atom. The zero-order valence-electron chi connectivity index (χ0n) is 16.6. The molecule has 164 valence electrons. The zero-order valence-corrected chi connectivity index (χ0v) is 17.4. The third-order valence-electron chi connectivity index (χ3n) is 4.47. The third kappa shape index (κ3) is 5.10. The minimum absolute atomic E-state index is 0.0222. The van der Waals surface area contributed by atoms with Gasteiger partial charge in [0.2, 0.25) is 0 Å². The first kappa shape index (κ1) is 22.5. The topological polar surface area (TPSA) is 156 Å². The van der Waals surface area contributed by atoms with Crippen LogP contribution in [0.5, 0.6) is 0 Å². The summed E-state index contributed by atoms with van der Waals surface area (Å²) >= 11 is 0. The summed E-state index contributed by atoms with van der Waals surface area (Å²) in [4.78, 5) is 34.2. The standard InChI is InChI=1S/C22H18N2O7S/c1-13-5-6-15(20(25)23-17-9-7-14(8-10-17)21(26)27)12-19(13)32(30,31)24-18-4-2-3-16(11-18)22(28)29/h2-12,24H,1H3,(H,23,25)(H,26,27)(H,28,29)/p-2. The van der Waals surface area contributed by atoms with Crippen LogP contribution in [-0.2, 0) is 10.0 Å². The highest BCUT2D eigenvalue weighted by Gasteiger charge is 2.20. The van der Waals surface area contributed by atoms with Gasteiger partial charge in [0.1, 0.15) is 0 Å². The molecule has 32 heavy (non-hydrogen) atoms. The van der Waals surface area contributed by atoms with Crippen LogP contribution in [0.3, 0.4) is 0 Å². The van der Waals surface area contributed by atoms with Gasteiger partial charge in [0, 0.05) is 16.9 Å². The molecule has 0 saturated carbocycles. The average Bonchev–Trinajstić information content (AvgIpc) is 2.74. The van der Waals surface area contributed by atoms with Gasteiger partial charge < -0.3 is 25.1 Å². The van der Waals surface area contributed by atoms with Gasteiger partial charge in [-0.2, -0.15) is 0 Å². The van der Waals surface area contributed by atoms with E-state index in [4.69, 9.17) is 0 Å². The van der Waals surface area contributed by atoms with E-state index < -0.39 is 27.9 Å². The lowest BCUT2D eigenvalue weighted by Gasteiger charge is -2.13. The van der Waals surface area contributed by atoms with E-state index in [9.17, 15) is 33.0 Å². The van der Waals surface area contributed by atoms with Crippen molar-refractivity contribution in [1.82, 2.24) is 0 Å². The maximum atomic E-state index is 12.9. The van der Waals surface area contributed by atoms with Gasteiger partial charge in [0.05, 0.1) is 16.8 Å². The summed E-state index contributed by atoms with van der Waals surface area (Å²) in [5, 5.41) is 24.4. The van der Waals surface area contributed by atoms with Crippen molar-refractivity contribution in [3.8, 4) is 0 Å². The fraction of sp³-hybridized carbons (Fsp3) is 0.0455. The van der Waals surface area contributed by atoms with Crippen LogP contribution in [0, 0.1) is 6.92 Å². The quantitative estimate of drug-likeness (QED) is 0.536. The van der Waals surface area contributed by atoms with Gasteiger partial charge in [0.15, 0.2) is 0 Å². The van der Waals surface area contributed by atoms with Crippen LogP contribution in [0.1, 0.15) is 36.6 Å². The van der Waals surface area contributed by atoms with Crippen LogP contribution in [0.15, 0.2) is 71.6 Å². The number of aromatic carboxylic acids is 2. The molecule has 2 N–H and O–H groups in total. The first-order valence-corrected chi connectivity index (χ1v) is 10.6. The van der Waals surface area contributed by atoms with Crippen molar-refractivity contribution >= 4 is 39.2 Å². The van der Waals surface area contributed by atoms with Crippen LogP contribution in [0.25, 0.3) is 0 Å². The number of benzene rings is 3. The molecule has 0 aromatic heterocycles. The minimum Gasteiger partial charge on any atom is -0.545 e. The van der Waals surface area contributed by atoms with Gasteiger partial charge in [-0.15, -0.1) is 0 Å². The largest absolute Gasteiger partial charge is 0.545 e. The Bertz CT molecular complexity index is 1320. The highest BCUT2D eigenvalue weighted by molar-refractivity contribution is 7.92. The lowest BCUT2D eigenvalue weighted by Crippen LogP contribution is -2.22. The minimum atomic E-state index is -4.15. The summed E-state index contributed by atoms with van der Waals surface area (Å²) in [6, 6.07) is 14.5. The predicted octanol–water partition coefficient (Wildman–Crippen LogP) is 0.775. The Hall–Kier alpha value is -4.18. The Kier molecular flexibility index (Phi) is 6.26. The van der Waals surface area contributed by atoms with E-state index in [1.54, 1.807) is 6.92 Å². The van der Waals surface area contributed by atoms with E-state index >= 15 is 0 Å². The monoisotopic (exact) mass is 452 g/mol. The van der Waals surface area contributed by atoms with Gasteiger partial charge in [-0.3, -0.25) is 9.52 Å². The molecular formula is C22H16N2O7S-2. The molecular weight excluding hydrogens is 436 g/mol. The highest BCUT2D eigenvalue weighted by atomic mass is 32.2. The Labute approximate surface area is 183 Å². The number of carbonyl (C=O) groups is 3. The molecule has 0 aliphatic rings. The number of nitrogens with one attached hydrogen (secondary N) is 2. The molecule has 1 amide bonds. The summed E-state index contributed by atoms with van der Waals surface area (Å²) < 4.78 is 28.0. The number of hydrogen-bond acceptors (Lipinski definition) is 7. The first-order valence-electron chi connectivity index (χ1n) is 9.14. The molecule has 10 heteroatoms. The second kappa shape index (κ2) is 8.90. The van der Waals surface area contributed by atoms with Crippen molar-refractivity contribution in [2.45, 2.75) is 11.8 Å². The smallest absolute Gasteiger partial charge is 0.262 e. The van der Waals surface area contributed by atoms with E-state index in [0.717, 1.165) is 6.07 Å². The number of hydrogen-bond donors (Lipinski definition) is 2. The zero-order chi connectivity index (χ0) is 23.5. The van der Waals surface area contributed by atoms with Gasteiger partial charge in [-0.25, -0.2) is 8.42 Å². The van der Waals surface area contributed by atoms with Crippen molar-refractivity contribution in [1.29, 1.82) is 0 Å². The number of anilines is 2. The fourth-order valence-electron chi connectivity index (χ4n) is 2.84. The summed E-state index contributed by atoms with van der Waals surface area (Å²) in [5.74, 6) is -3.41. The van der Waals surface area contributed by atoms with E-state index in [0.29, 0.717) is 11.3 Å². The molecule has 0 fully saturated rings. The highest BCUT2D eigenvalue weighted by Crippen LogP contribution is 2.22. The maximum Gasteiger partial charge on any atom is 0.262 e. The number of carboxylic acid groups (broad SMARTS) is 2. The third-order valence-corrected chi connectivity index (χ3v) is 5.99. The van der Waals surface area contributed by atoms with Crippen molar-refractivity contribution < 1.29 is 33.0 Å². The average molecular weight is 452 g/mol. The molecule has 3 aromatic carbocycles. The number of aryl methyl sites for hydroxylation is 1. The predicted molar refractivity (Wildman–Crippen MR) is 111 cm³/mol. The number of amides is 1. The molecule has 0 saturated heterocycles. The van der Waals surface area contributed by atoms with Crippen LogP contribution < -0.4 is 20.3 Å². The summed E-state index contributed by atoms with van der Waals surface area (Å²) in [6.07, 6.45) is 0. The number of rotatable bonds is 7. The summed E-state index contributed by atoms with van der Waals surface area (Å²) in [6.45, 7) is 1.55. The molecule has 0 radical (unpaired) electrons. The second-order valence-electron chi connectivity index (χ2n) is 6.77. The van der Waals surface area contributed by atoms with Crippen molar-refractivity contribution in [3.63, 3.8) is 0 Å². The molecule has 0 heterocycles. The van der Waals surface area contributed by atoms with Gasteiger partial charge in [-0.1, -0.05) is 30.3 Å². The van der Waals surface area contributed by atoms with E-state index in [-0.39, 0.29) is 27.3 Å². The molecule has 0 spiro atoms. The molecule has 3 rings (SSSR count). The van der Waals surface area contributed by atoms with Crippen LogP contribution in [0.4, 0.5) is 11.4 Å². The van der Waals surface area contributed by atoms with E-state index in [2.05, 4.69) is 10.0 Å². The lowest BCUT2D eigenvalue weighted by molar-refractivity contribution is -0.256. The number of carboxylic acids is 2. The molecule has 9 nitrogen and oxygen atoms in total. The summed E-state index contributed by atoms with van der Waals surface area (Å²) in [7, 11) is -4.15. The van der Waals surface area contributed by atoms with Gasteiger partial charge >= 0.3 is 0 Å². The van der Waals surface area contributed by atoms with Gasteiger partial charge in [0.25, 0.3) is 15.9 Å². The van der Waals surface area contributed by atoms with Crippen molar-refractivity contribution in [2.24, 2.45) is 0 Å². The normalized spacial score (nSPS) is 10.9. The fourth-order valence-corrected chi connectivity index (χ4v) is 4.16. The first-order chi connectivity index (χ1) is 15.1. The van der Waals surface area contributed by atoms with E-state index in [1.165, 1.54) is 60.7 Å². The Balaban J connectivity index is 1.85. The maximum absolute atomic E-state index is 12.9. The molecule has 0 bridgehead atoms. The number of sulfonamides is 1. The lowest BCUT2D eigenvalue weighted by atomic mass is 10.1. The van der Waals surface area contributed by atoms with Gasteiger partial charge in [-0.05, 0) is 60.0 Å². The van der Waals surface area contributed by atoms with E-state index in [1.807, 2.05) is 0 Å². The molecule has 0 atom stereocenters. The van der Waals surface area contributed by atoms with Crippen molar-refractivity contribution in [3.05, 3.63) is 89.0 Å². The SMILES string of the molecule is Cc1ccc(C(=O)Nc2ccc(C(=O)[O-])cc2)cc1S(=O)(=O)Nc1cccc(C(=O)[O-])c1. The molecule has 0 aliphatic heterocycles.